The fourth-order valence-electron chi connectivity index (χ4n) is 4.50. The third-order valence-corrected chi connectivity index (χ3v) is 6.53. The number of carbonyl (C=O) groups is 2. The molecule has 2 aliphatic rings. The molecule has 0 spiro atoms. The van der Waals surface area contributed by atoms with E-state index in [2.05, 4.69) is 21.2 Å². The van der Waals surface area contributed by atoms with Crippen molar-refractivity contribution in [1.82, 2.24) is 19.7 Å². The fraction of sp³-hybridized carbons (Fsp3) is 0.462. The molecule has 9 heteroatoms. The van der Waals surface area contributed by atoms with Crippen LogP contribution >= 0.6 is 0 Å². The van der Waals surface area contributed by atoms with Crippen LogP contribution in [0.1, 0.15) is 24.8 Å². The number of allylic oxidation sites excluding steroid dienone is 1. The standard InChI is InChI=1S/C26H34N4O5/c1-28(2)12-8-20-17-30(24-7-6-22(33-3)15-23(20)24)26(32)35-18-34-25(31)19-9-13-29(14-10-19)21-5-4-11-27-16-21/h4,6-7,11,15-17,19,27H,5,8-10,12-14,18H2,1-3H3. The SMILES string of the molecule is COc1ccc2c(c1)c(CCN(C)C)cn2C(=O)OCOC(=O)C1CCN(C2=CNC=CC2)CC1. The first-order valence-electron chi connectivity index (χ1n) is 12.0. The molecule has 2 aliphatic heterocycles. The van der Waals surface area contributed by atoms with E-state index in [4.69, 9.17) is 14.2 Å². The van der Waals surface area contributed by atoms with Crippen molar-refractivity contribution in [2.45, 2.75) is 25.7 Å². The van der Waals surface area contributed by atoms with Crippen LogP contribution in [-0.4, -0.2) is 74.1 Å². The molecule has 188 valence electrons. The van der Waals surface area contributed by atoms with Gasteiger partial charge in [0, 0.05) is 49.5 Å². The summed E-state index contributed by atoms with van der Waals surface area (Å²) in [4.78, 5) is 29.7. The average molecular weight is 483 g/mol. The Morgan fingerprint density at radius 1 is 1.17 bits per heavy atom. The molecule has 1 fully saturated rings. The van der Waals surface area contributed by atoms with E-state index in [1.165, 1.54) is 10.3 Å². The van der Waals surface area contributed by atoms with E-state index in [0.717, 1.165) is 54.7 Å². The maximum atomic E-state index is 12.8. The fourth-order valence-corrected chi connectivity index (χ4v) is 4.50. The largest absolute Gasteiger partial charge is 0.497 e. The molecule has 9 nitrogen and oxygen atoms in total. The van der Waals surface area contributed by atoms with Crippen molar-refractivity contribution in [2.24, 2.45) is 5.92 Å². The molecule has 2 aromatic rings. The number of benzene rings is 1. The maximum Gasteiger partial charge on any atom is 0.421 e. The number of dihydropyridines is 1. The highest BCUT2D eigenvalue weighted by Crippen LogP contribution is 2.27. The molecule has 0 aliphatic carbocycles. The van der Waals surface area contributed by atoms with Crippen LogP contribution in [0.15, 0.2) is 48.6 Å². The minimum atomic E-state index is -0.580. The van der Waals surface area contributed by atoms with Gasteiger partial charge in [0.1, 0.15) is 5.75 Å². The van der Waals surface area contributed by atoms with Crippen molar-refractivity contribution >= 4 is 23.0 Å². The number of esters is 1. The molecule has 1 N–H and O–H groups in total. The van der Waals surface area contributed by atoms with Gasteiger partial charge in [0.15, 0.2) is 0 Å². The van der Waals surface area contributed by atoms with Gasteiger partial charge < -0.3 is 29.3 Å². The lowest BCUT2D eigenvalue weighted by Crippen LogP contribution is -2.37. The lowest BCUT2D eigenvalue weighted by Gasteiger charge is -2.34. The van der Waals surface area contributed by atoms with Crippen molar-refractivity contribution in [1.29, 1.82) is 0 Å². The molecular formula is C26H34N4O5. The number of aromatic nitrogens is 1. The third-order valence-electron chi connectivity index (χ3n) is 6.53. The molecule has 0 radical (unpaired) electrons. The zero-order chi connectivity index (χ0) is 24.8. The summed E-state index contributed by atoms with van der Waals surface area (Å²) in [5.74, 6) is 0.222. The molecule has 1 aromatic heterocycles. The van der Waals surface area contributed by atoms with Crippen molar-refractivity contribution < 1.29 is 23.8 Å². The predicted molar refractivity (Wildman–Crippen MR) is 133 cm³/mol. The number of piperidine rings is 1. The highest BCUT2D eigenvalue weighted by atomic mass is 16.7. The first kappa shape index (κ1) is 24.7. The molecule has 0 amide bonds. The molecule has 4 rings (SSSR count). The lowest BCUT2D eigenvalue weighted by molar-refractivity contribution is -0.158. The number of nitrogens with one attached hydrogen (secondary N) is 1. The molecule has 0 unspecified atom stereocenters. The molecule has 3 heterocycles. The first-order chi connectivity index (χ1) is 17.0. The van der Waals surface area contributed by atoms with Gasteiger partial charge in [-0.25, -0.2) is 4.79 Å². The molecule has 1 aromatic carbocycles. The Hall–Kier alpha value is -3.46. The Balaban J connectivity index is 1.31. The number of likely N-dealkylation sites (N-methyl/N-ethyl adjacent to an activating group) is 1. The van der Waals surface area contributed by atoms with Crippen molar-refractivity contribution in [2.75, 3.05) is 47.6 Å². The van der Waals surface area contributed by atoms with Crippen LogP contribution in [0.5, 0.6) is 5.75 Å². The van der Waals surface area contributed by atoms with Gasteiger partial charge in [-0.15, -0.1) is 0 Å². The summed E-state index contributed by atoms with van der Waals surface area (Å²) in [6.45, 7) is 2.04. The zero-order valence-electron chi connectivity index (χ0n) is 20.7. The van der Waals surface area contributed by atoms with Gasteiger partial charge in [-0.1, -0.05) is 6.08 Å². The topological polar surface area (TPSA) is 85.3 Å². The molecule has 0 atom stereocenters. The second-order valence-corrected chi connectivity index (χ2v) is 9.12. The summed E-state index contributed by atoms with van der Waals surface area (Å²) < 4.78 is 17.4. The van der Waals surface area contributed by atoms with Crippen LogP contribution in [0.3, 0.4) is 0 Å². The van der Waals surface area contributed by atoms with Crippen molar-refractivity contribution in [3.8, 4) is 5.75 Å². The number of ether oxygens (including phenoxy) is 3. The number of nitrogens with zero attached hydrogens (tertiary/aromatic N) is 3. The lowest BCUT2D eigenvalue weighted by atomic mass is 9.96. The first-order valence-corrected chi connectivity index (χ1v) is 12.0. The number of likely N-dealkylation sites (tertiary alicyclic amines) is 1. The summed E-state index contributed by atoms with van der Waals surface area (Å²) in [7, 11) is 5.63. The van der Waals surface area contributed by atoms with E-state index in [9.17, 15) is 9.59 Å². The minimum Gasteiger partial charge on any atom is -0.497 e. The third kappa shape index (κ3) is 5.97. The van der Waals surface area contributed by atoms with Crippen LogP contribution in [0.4, 0.5) is 4.79 Å². The summed E-state index contributed by atoms with van der Waals surface area (Å²) >= 11 is 0. The van der Waals surface area contributed by atoms with Gasteiger partial charge in [0.25, 0.3) is 0 Å². The highest BCUT2D eigenvalue weighted by Gasteiger charge is 2.27. The second kappa shape index (κ2) is 11.3. The van der Waals surface area contributed by atoms with Crippen molar-refractivity contribution in [3.63, 3.8) is 0 Å². The Bertz CT molecular complexity index is 1110. The van der Waals surface area contributed by atoms with E-state index >= 15 is 0 Å². The monoisotopic (exact) mass is 482 g/mol. The molecular weight excluding hydrogens is 448 g/mol. The van der Waals surface area contributed by atoms with Gasteiger partial charge in [0.05, 0.1) is 18.5 Å². The highest BCUT2D eigenvalue weighted by molar-refractivity contribution is 5.92. The maximum absolute atomic E-state index is 12.8. The Morgan fingerprint density at radius 3 is 2.66 bits per heavy atom. The molecule has 1 saturated heterocycles. The van der Waals surface area contributed by atoms with Gasteiger partial charge in [-0.3, -0.25) is 9.36 Å². The Morgan fingerprint density at radius 2 is 1.97 bits per heavy atom. The van der Waals surface area contributed by atoms with E-state index in [1.807, 2.05) is 44.7 Å². The zero-order valence-corrected chi connectivity index (χ0v) is 20.7. The Kier molecular flexibility index (Phi) is 7.97. The predicted octanol–water partition coefficient (Wildman–Crippen LogP) is 3.30. The van der Waals surface area contributed by atoms with Crippen LogP contribution < -0.4 is 10.1 Å². The van der Waals surface area contributed by atoms with Gasteiger partial charge in [-0.05, 0) is 63.3 Å². The second-order valence-electron chi connectivity index (χ2n) is 9.12. The van der Waals surface area contributed by atoms with Gasteiger partial charge in [0.2, 0.25) is 6.79 Å². The smallest absolute Gasteiger partial charge is 0.421 e. The number of carbonyl (C=O) groups excluding carboxylic acids is 2. The van der Waals surface area contributed by atoms with E-state index < -0.39 is 12.9 Å². The Labute approximate surface area is 205 Å². The number of rotatable bonds is 8. The van der Waals surface area contributed by atoms with Crippen LogP contribution in [0.25, 0.3) is 10.9 Å². The normalized spacial score (nSPS) is 16.2. The number of methoxy groups -OCH3 is 1. The summed E-state index contributed by atoms with van der Waals surface area (Å²) in [6.07, 6.45) is 10.3. The van der Waals surface area contributed by atoms with E-state index in [1.54, 1.807) is 13.3 Å². The van der Waals surface area contributed by atoms with Crippen LogP contribution in [-0.2, 0) is 20.7 Å². The number of hydrogen-bond acceptors (Lipinski definition) is 8. The molecule has 0 saturated carbocycles. The summed E-state index contributed by atoms with van der Waals surface area (Å²) in [5, 5.41) is 4.05. The summed E-state index contributed by atoms with van der Waals surface area (Å²) in [5.41, 5.74) is 2.98. The summed E-state index contributed by atoms with van der Waals surface area (Å²) in [6, 6.07) is 5.57. The van der Waals surface area contributed by atoms with Crippen LogP contribution in [0.2, 0.25) is 0 Å². The van der Waals surface area contributed by atoms with Gasteiger partial charge >= 0.3 is 12.1 Å². The van der Waals surface area contributed by atoms with E-state index in [0.29, 0.717) is 12.8 Å². The molecule has 35 heavy (non-hydrogen) atoms. The van der Waals surface area contributed by atoms with Gasteiger partial charge in [-0.2, -0.15) is 0 Å². The number of hydrogen-bond donors (Lipinski definition) is 1. The molecule has 0 bridgehead atoms. The number of fused-ring (bicyclic) bond motifs is 1. The quantitative estimate of drug-likeness (QED) is 0.453. The van der Waals surface area contributed by atoms with Crippen molar-refractivity contribution in [3.05, 3.63) is 54.1 Å². The van der Waals surface area contributed by atoms with E-state index in [-0.39, 0.29) is 11.9 Å². The average Bonchev–Trinajstić information content (AvgIpc) is 3.25. The minimum absolute atomic E-state index is 0.185. The van der Waals surface area contributed by atoms with Crippen LogP contribution in [0, 0.1) is 5.92 Å².